The SMILES string of the molecule is CSC1=NC=CC(C=O)C(N)=N1. The molecule has 4 nitrogen and oxygen atoms in total. The summed E-state index contributed by atoms with van der Waals surface area (Å²) >= 11 is 1.39. The van der Waals surface area contributed by atoms with Crippen LogP contribution < -0.4 is 5.73 Å². The first-order valence-electron chi connectivity index (χ1n) is 3.35. The van der Waals surface area contributed by atoms with Gasteiger partial charge in [-0.2, -0.15) is 0 Å². The van der Waals surface area contributed by atoms with E-state index in [0.29, 0.717) is 11.0 Å². The van der Waals surface area contributed by atoms with Crippen LogP contribution in [0.4, 0.5) is 0 Å². The van der Waals surface area contributed by atoms with E-state index < -0.39 is 5.92 Å². The zero-order valence-corrected chi connectivity index (χ0v) is 7.41. The summed E-state index contributed by atoms with van der Waals surface area (Å²) < 4.78 is 0. The summed E-state index contributed by atoms with van der Waals surface area (Å²) in [5.74, 6) is -0.134. The van der Waals surface area contributed by atoms with Gasteiger partial charge in [0.05, 0.1) is 5.92 Å². The molecular formula is C7H9N3OS. The van der Waals surface area contributed by atoms with E-state index in [1.807, 2.05) is 6.26 Å². The first kappa shape index (κ1) is 8.99. The molecule has 64 valence electrons. The minimum Gasteiger partial charge on any atom is -0.386 e. The van der Waals surface area contributed by atoms with Crippen molar-refractivity contribution in [3.8, 4) is 0 Å². The minimum absolute atomic E-state index is 0.298. The molecular weight excluding hydrogens is 174 g/mol. The van der Waals surface area contributed by atoms with Crippen LogP contribution in [0.25, 0.3) is 0 Å². The zero-order valence-electron chi connectivity index (χ0n) is 6.60. The Kier molecular flexibility index (Phi) is 3.04. The smallest absolute Gasteiger partial charge is 0.188 e. The van der Waals surface area contributed by atoms with Gasteiger partial charge in [-0.3, -0.25) is 0 Å². The molecule has 12 heavy (non-hydrogen) atoms. The molecule has 1 aliphatic rings. The fourth-order valence-electron chi connectivity index (χ4n) is 0.725. The lowest BCUT2D eigenvalue weighted by Gasteiger charge is -2.00. The fraction of sp³-hybridized carbons (Fsp3) is 0.286. The number of amidine groups is 2. The number of aliphatic imine (C=N–C) groups is 2. The van der Waals surface area contributed by atoms with E-state index in [1.54, 1.807) is 12.3 Å². The van der Waals surface area contributed by atoms with Crippen molar-refractivity contribution in [3.05, 3.63) is 12.3 Å². The molecule has 0 radical (unpaired) electrons. The van der Waals surface area contributed by atoms with Crippen LogP contribution in [-0.2, 0) is 4.79 Å². The van der Waals surface area contributed by atoms with E-state index >= 15 is 0 Å². The lowest BCUT2D eigenvalue weighted by Crippen LogP contribution is -2.23. The Bertz CT molecular complexity index is 270. The summed E-state index contributed by atoms with van der Waals surface area (Å²) in [7, 11) is 0. The van der Waals surface area contributed by atoms with Crippen molar-refractivity contribution >= 4 is 29.1 Å². The summed E-state index contributed by atoms with van der Waals surface area (Å²) in [5, 5.41) is 0.577. The lowest BCUT2D eigenvalue weighted by atomic mass is 10.1. The van der Waals surface area contributed by atoms with Crippen LogP contribution in [0, 0.1) is 5.92 Å². The van der Waals surface area contributed by atoms with E-state index in [-0.39, 0.29) is 0 Å². The van der Waals surface area contributed by atoms with Gasteiger partial charge >= 0.3 is 0 Å². The quantitative estimate of drug-likeness (QED) is 0.598. The highest BCUT2D eigenvalue weighted by atomic mass is 32.2. The zero-order chi connectivity index (χ0) is 8.97. The number of carbonyl (C=O) groups is 1. The molecule has 0 amide bonds. The maximum atomic E-state index is 10.4. The van der Waals surface area contributed by atoms with Crippen molar-refractivity contribution in [2.24, 2.45) is 21.6 Å². The van der Waals surface area contributed by atoms with Gasteiger partial charge in [-0.1, -0.05) is 11.8 Å². The van der Waals surface area contributed by atoms with Crippen molar-refractivity contribution in [3.63, 3.8) is 0 Å². The molecule has 1 unspecified atom stereocenters. The topological polar surface area (TPSA) is 67.8 Å². The second kappa shape index (κ2) is 4.06. The van der Waals surface area contributed by atoms with Crippen LogP contribution in [0.2, 0.25) is 0 Å². The number of carbonyl (C=O) groups excluding carboxylic acids is 1. The van der Waals surface area contributed by atoms with Crippen LogP contribution in [0.5, 0.6) is 0 Å². The number of hydrogen-bond donors (Lipinski definition) is 1. The van der Waals surface area contributed by atoms with Gasteiger partial charge in [0.1, 0.15) is 12.1 Å². The number of rotatable bonds is 1. The Morgan fingerprint density at radius 3 is 3.08 bits per heavy atom. The molecule has 0 aromatic carbocycles. The van der Waals surface area contributed by atoms with Gasteiger partial charge in [0, 0.05) is 6.20 Å². The molecule has 0 spiro atoms. The van der Waals surface area contributed by atoms with Crippen LogP contribution in [0.3, 0.4) is 0 Å². The van der Waals surface area contributed by atoms with Crippen molar-refractivity contribution in [2.45, 2.75) is 0 Å². The highest BCUT2D eigenvalue weighted by Crippen LogP contribution is 2.07. The predicted molar refractivity (Wildman–Crippen MR) is 51.3 cm³/mol. The van der Waals surface area contributed by atoms with E-state index in [0.717, 1.165) is 6.29 Å². The first-order valence-corrected chi connectivity index (χ1v) is 4.58. The summed E-state index contributed by atoms with van der Waals surface area (Å²) in [4.78, 5) is 18.4. The van der Waals surface area contributed by atoms with Crippen molar-refractivity contribution in [1.29, 1.82) is 0 Å². The van der Waals surface area contributed by atoms with Crippen molar-refractivity contribution in [2.75, 3.05) is 6.26 Å². The molecule has 5 heteroatoms. The number of nitrogens with zero attached hydrogens (tertiary/aromatic N) is 2. The normalized spacial score (nSPS) is 22.6. The molecule has 1 rings (SSSR count). The third-order valence-electron chi connectivity index (χ3n) is 1.37. The van der Waals surface area contributed by atoms with E-state index in [4.69, 9.17) is 5.73 Å². The molecule has 0 aliphatic carbocycles. The van der Waals surface area contributed by atoms with Crippen molar-refractivity contribution < 1.29 is 4.79 Å². The number of aldehydes is 1. The van der Waals surface area contributed by atoms with Gasteiger partial charge in [0.15, 0.2) is 5.17 Å². The average molecular weight is 183 g/mol. The molecule has 0 saturated carbocycles. The minimum atomic E-state index is -0.432. The molecule has 0 fully saturated rings. The Balaban J connectivity index is 2.91. The van der Waals surface area contributed by atoms with E-state index in [2.05, 4.69) is 9.98 Å². The molecule has 1 aliphatic heterocycles. The van der Waals surface area contributed by atoms with Gasteiger partial charge in [0.2, 0.25) is 0 Å². The standard InChI is InChI=1S/C7H9N3OS/c1-12-7-9-3-2-5(4-11)6(8)10-7/h2-5H,1H3,(H2,8,9,10). The molecule has 0 saturated heterocycles. The maximum Gasteiger partial charge on any atom is 0.188 e. The lowest BCUT2D eigenvalue weighted by molar-refractivity contribution is -0.108. The molecule has 0 aromatic heterocycles. The Morgan fingerprint density at radius 2 is 2.50 bits per heavy atom. The second-order valence-corrected chi connectivity index (χ2v) is 2.93. The monoisotopic (exact) mass is 183 g/mol. The van der Waals surface area contributed by atoms with Gasteiger partial charge in [-0.25, -0.2) is 9.98 Å². The average Bonchev–Trinajstić information content (AvgIpc) is 2.26. The van der Waals surface area contributed by atoms with Gasteiger partial charge in [0.25, 0.3) is 0 Å². The molecule has 1 atom stereocenters. The van der Waals surface area contributed by atoms with Crippen LogP contribution in [0.1, 0.15) is 0 Å². The van der Waals surface area contributed by atoms with Gasteiger partial charge in [-0.15, -0.1) is 0 Å². The largest absolute Gasteiger partial charge is 0.386 e. The van der Waals surface area contributed by atoms with Gasteiger partial charge < -0.3 is 10.5 Å². The molecule has 0 bridgehead atoms. The maximum absolute atomic E-state index is 10.4. The Morgan fingerprint density at radius 1 is 1.75 bits per heavy atom. The third-order valence-corrected chi connectivity index (χ3v) is 1.94. The predicted octanol–water partition coefficient (Wildman–Crippen LogP) is 0.405. The van der Waals surface area contributed by atoms with Gasteiger partial charge in [-0.05, 0) is 12.3 Å². The van der Waals surface area contributed by atoms with Crippen LogP contribution in [0.15, 0.2) is 22.3 Å². The van der Waals surface area contributed by atoms with Crippen LogP contribution in [-0.4, -0.2) is 23.5 Å². The summed E-state index contributed by atoms with van der Waals surface area (Å²) in [6.45, 7) is 0. The number of nitrogens with two attached hydrogens (primary N) is 1. The Hall–Kier alpha value is -1.10. The highest BCUT2D eigenvalue weighted by molar-refractivity contribution is 8.13. The molecule has 1 heterocycles. The fourth-order valence-corrected chi connectivity index (χ4v) is 1.09. The third kappa shape index (κ3) is 1.94. The number of thioether (sulfide) groups is 1. The van der Waals surface area contributed by atoms with Crippen LogP contribution >= 0.6 is 11.8 Å². The summed E-state index contributed by atoms with van der Waals surface area (Å²) in [6.07, 6.45) is 5.77. The molecule has 2 N–H and O–H groups in total. The Labute approximate surface area is 74.6 Å². The van der Waals surface area contributed by atoms with E-state index in [1.165, 1.54) is 11.8 Å². The first-order chi connectivity index (χ1) is 5.77. The summed E-state index contributed by atoms with van der Waals surface area (Å²) in [6, 6.07) is 0. The van der Waals surface area contributed by atoms with Crippen molar-refractivity contribution in [1.82, 2.24) is 0 Å². The highest BCUT2D eigenvalue weighted by Gasteiger charge is 2.10. The molecule has 0 aromatic rings. The summed E-state index contributed by atoms with van der Waals surface area (Å²) in [5.41, 5.74) is 5.53. The van der Waals surface area contributed by atoms with E-state index in [9.17, 15) is 4.79 Å². The second-order valence-electron chi connectivity index (χ2n) is 2.16. The number of hydrogen-bond acceptors (Lipinski definition) is 5.